The van der Waals surface area contributed by atoms with Gasteiger partial charge in [-0.3, -0.25) is 4.79 Å². The van der Waals surface area contributed by atoms with E-state index in [1.54, 1.807) is 12.3 Å². The van der Waals surface area contributed by atoms with Gasteiger partial charge in [-0.1, -0.05) is 11.6 Å². The van der Waals surface area contributed by atoms with E-state index in [4.69, 9.17) is 11.6 Å². The Morgan fingerprint density at radius 2 is 2.11 bits per heavy atom. The summed E-state index contributed by atoms with van der Waals surface area (Å²) in [5, 5.41) is 13.6. The molecule has 4 nitrogen and oxygen atoms in total. The molecule has 19 heavy (non-hydrogen) atoms. The molecule has 1 aliphatic rings. The molecule has 1 unspecified atom stereocenters. The number of aromatic amines is 1. The van der Waals surface area contributed by atoms with Gasteiger partial charge in [0.25, 0.3) is 5.56 Å². The van der Waals surface area contributed by atoms with Crippen molar-refractivity contribution in [3.8, 4) is 0 Å². The molecule has 0 bridgehead atoms. The second-order valence-corrected chi connectivity index (χ2v) is 5.34. The summed E-state index contributed by atoms with van der Waals surface area (Å²) in [6, 6.07) is 7.21. The normalized spacial score (nSPS) is 20.4. The fraction of sp³-hybridized carbons (Fsp3) is 0.214. The number of benzene rings is 1. The highest BCUT2D eigenvalue weighted by Crippen LogP contribution is 2.44. The predicted molar refractivity (Wildman–Crippen MR) is 75.3 cm³/mol. The Hall–Kier alpha value is -1.78. The van der Waals surface area contributed by atoms with Crippen LogP contribution in [0.3, 0.4) is 0 Å². The molecular weight excluding hydrogens is 264 g/mol. The highest BCUT2D eigenvalue weighted by molar-refractivity contribution is 6.30. The molecule has 98 valence electrons. The Balaban J connectivity index is 2.34. The zero-order chi connectivity index (χ0) is 13.6. The van der Waals surface area contributed by atoms with E-state index in [1.807, 2.05) is 25.1 Å². The Bertz CT molecular complexity index is 711. The molecule has 0 saturated heterocycles. The number of halogens is 1. The summed E-state index contributed by atoms with van der Waals surface area (Å²) in [5.41, 5.74) is 2.10. The average molecular weight is 277 g/mol. The molecule has 5 heteroatoms. The van der Waals surface area contributed by atoms with Crippen molar-refractivity contribution in [3.63, 3.8) is 0 Å². The fourth-order valence-electron chi connectivity index (χ4n) is 2.59. The summed E-state index contributed by atoms with van der Waals surface area (Å²) >= 11 is 6.04. The van der Waals surface area contributed by atoms with Crippen molar-refractivity contribution in [2.24, 2.45) is 0 Å². The molecule has 1 aliphatic heterocycles. The van der Waals surface area contributed by atoms with E-state index in [2.05, 4.69) is 10.3 Å². The molecular formula is C14H13ClN2O2. The topological polar surface area (TPSA) is 65.1 Å². The predicted octanol–water partition coefficient (Wildman–Crippen LogP) is 2.38. The first-order valence-corrected chi connectivity index (χ1v) is 6.34. The molecule has 2 aromatic rings. The minimum Gasteiger partial charge on any atom is -0.395 e. The summed E-state index contributed by atoms with van der Waals surface area (Å²) in [6.45, 7) is 1.81. The van der Waals surface area contributed by atoms with Crippen LogP contribution in [0.5, 0.6) is 0 Å². The number of aliphatic hydroxyl groups is 1. The van der Waals surface area contributed by atoms with Gasteiger partial charge in [0.2, 0.25) is 0 Å². The van der Waals surface area contributed by atoms with Crippen LogP contribution < -0.4 is 10.9 Å². The lowest BCUT2D eigenvalue weighted by molar-refractivity contribution is 0.231. The van der Waals surface area contributed by atoms with E-state index in [1.165, 1.54) is 0 Å². The smallest absolute Gasteiger partial charge is 0.271 e. The lowest BCUT2D eigenvalue weighted by Gasteiger charge is -2.36. The number of rotatable bonds is 1. The van der Waals surface area contributed by atoms with Gasteiger partial charge in [0.1, 0.15) is 5.69 Å². The Kier molecular flexibility index (Phi) is 2.66. The van der Waals surface area contributed by atoms with Gasteiger partial charge in [0.05, 0.1) is 6.61 Å². The van der Waals surface area contributed by atoms with Gasteiger partial charge < -0.3 is 15.4 Å². The SMILES string of the molecule is CC1(CO)c2cc(Cl)ccc2Nc2c1cc[nH]c2=O. The number of hydrogen-bond acceptors (Lipinski definition) is 3. The van der Waals surface area contributed by atoms with Gasteiger partial charge in [-0.2, -0.15) is 0 Å². The van der Waals surface area contributed by atoms with E-state index in [-0.39, 0.29) is 12.2 Å². The van der Waals surface area contributed by atoms with E-state index in [0.29, 0.717) is 10.7 Å². The Labute approximate surface area is 115 Å². The van der Waals surface area contributed by atoms with Crippen LogP contribution >= 0.6 is 11.6 Å². The maximum absolute atomic E-state index is 11.9. The molecule has 0 radical (unpaired) electrons. The molecule has 3 rings (SSSR count). The van der Waals surface area contributed by atoms with Crippen LogP contribution in [-0.4, -0.2) is 16.7 Å². The van der Waals surface area contributed by atoms with Crippen LogP contribution in [0, 0.1) is 0 Å². The van der Waals surface area contributed by atoms with Crippen molar-refractivity contribution < 1.29 is 5.11 Å². The summed E-state index contributed by atoms with van der Waals surface area (Å²) in [4.78, 5) is 14.6. The van der Waals surface area contributed by atoms with Crippen molar-refractivity contribution >= 4 is 23.0 Å². The van der Waals surface area contributed by atoms with Crippen molar-refractivity contribution in [1.82, 2.24) is 4.98 Å². The third-order valence-electron chi connectivity index (χ3n) is 3.71. The minimum absolute atomic E-state index is 0.0987. The highest BCUT2D eigenvalue weighted by Gasteiger charge is 2.37. The van der Waals surface area contributed by atoms with Crippen LogP contribution in [0.2, 0.25) is 5.02 Å². The minimum atomic E-state index is -0.644. The largest absolute Gasteiger partial charge is 0.395 e. The fourth-order valence-corrected chi connectivity index (χ4v) is 2.77. The number of anilines is 2. The summed E-state index contributed by atoms with van der Waals surface area (Å²) in [5.74, 6) is 0. The van der Waals surface area contributed by atoms with Crippen molar-refractivity contribution in [1.29, 1.82) is 0 Å². The average Bonchev–Trinajstić information content (AvgIpc) is 2.41. The van der Waals surface area contributed by atoms with Gasteiger partial charge in [0, 0.05) is 22.3 Å². The number of H-pyrrole nitrogens is 1. The van der Waals surface area contributed by atoms with Gasteiger partial charge >= 0.3 is 0 Å². The van der Waals surface area contributed by atoms with Crippen LogP contribution in [-0.2, 0) is 5.41 Å². The number of pyridine rings is 1. The quantitative estimate of drug-likeness (QED) is 0.749. The monoisotopic (exact) mass is 276 g/mol. The molecule has 3 N–H and O–H groups in total. The van der Waals surface area contributed by atoms with Crippen LogP contribution in [0.15, 0.2) is 35.3 Å². The van der Waals surface area contributed by atoms with Crippen LogP contribution in [0.4, 0.5) is 11.4 Å². The molecule has 1 aromatic carbocycles. The molecule has 2 heterocycles. The van der Waals surface area contributed by atoms with E-state index < -0.39 is 5.41 Å². The molecule has 1 aromatic heterocycles. The first-order valence-electron chi connectivity index (χ1n) is 5.96. The first-order chi connectivity index (χ1) is 9.06. The van der Waals surface area contributed by atoms with Gasteiger partial charge in [-0.05, 0) is 42.3 Å². The third-order valence-corrected chi connectivity index (χ3v) is 3.94. The van der Waals surface area contributed by atoms with Crippen molar-refractivity contribution in [2.75, 3.05) is 11.9 Å². The summed E-state index contributed by atoms with van der Waals surface area (Å²) < 4.78 is 0. The zero-order valence-electron chi connectivity index (χ0n) is 10.3. The van der Waals surface area contributed by atoms with Gasteiger partial charge in [-0.15, -0.1) is 0 Å². The van der Waals surface area contributed by atoms with Gasteiger partial charge in [-0.25, -0.2) is 0 Å². The van der Waals surface area contributed by atoms with Gasteiger partial charge in [0.15, 0.2) is 0 Å². The number of fused-ring (bicyclic) bond motifs is 2. The number of aromatic nitrogens is 1. The van der Waals surface area contributed by atoms with Crippen molar-refractivity contribution in [3.05, 3.63) is 57.0 Å². The lowest BCUT2D eigenvalue weighted by Crippen LogP contribution is -2.35. The number of aliphatic hydroxyl groups excluding tert-OH is 1. The number of hydrogen-bond donors (Lipinski definition) is 3. The summed E-state index contributed by atoms with van der Waals surface area (Å²) in [7, 11) is 0. The van der Waals surface area contributed by atoms with Crippen molar-refractivity contribution in [2.45, 2.75) is 12.3 Å². The molecule has 0 fully saturated rings. The van der Waals surface area contributed by atoms with Crippen LogP contribution in [0.25, 0.3) is 0 Å². The molecule has 0 aliphatic carbocycles. The van der Waals surface area contributed by atoms with E-state index in [9.17, 15) is 9.90 Å². The first kappa shape index (κ1) is 12.3. The lowest BCUT2D eigenvalue weighted by atomic mass is 9.74. The standard InChI is InChI=1S/C14H13ClN2O2/c1-14(7-18)9-4-5-16-13(19)12(9)17-11-3-2-8(15)6-10(11)14/h2-6,17-18H,7H2,1H3,(H,16,19). The molecule has 1 atom stereocenters. The second-order valence-electron chi connectivity index (χ2n) is 4.90. The Morgan fingerprint density at radius 3 is 2.84 bits per heavy atom. The highest BCUT2D eigenvalue weighted by atomic mass is 35.5. The maximum atomic E-state index is 11.9. The van der Waals surface area contributed by atoms with E-state index in [0.717, 1.165) is 16.8 Å². The second kappa shape index (κ2) is 4.11. The summed E-state index contributed by atoms with van der Waals surface area (Å²) in [6.07, 6.45) is 1.59. The molecule has 0 amide bonds. The number of nitrogens with one attached hydrogen (secondary N) is 2. The third kappa shape index (κ3) is 1.68. The van der Waals surface area contributed by atoms with E-state index >= 15 is 0 Å². The maximum Gasteiger partial charge on any atom is 0.271 e. The van der Waals surface area contributed by atoms with Crippen LogP contribution in [0.1, 0.15) is 18.1 Å². The zero-order valence-corrected chi connectivity index (χ0v) is 11.1. The molecule has 0 saturated carbocycles. The Morgan fingerprint density at radius 1 is 1.32 bits per heavy atom. The molecule has 0 spiro atoms.